The SMILES string of the molecule is CCC(CC)n1c(COc2ccccc2Cl)nnc1SCC(=O)NC(=O)NC1CC1. The quantitative estimate of drug-likeness (QED) is 0.530. The first-order chi connectivity index (χ1) is 14.5. The molecule has 1 aliphatic rings. The molecule has 0 saturated heterocycles. The molecule has 0 aliphatic heterocycles. The summed E-state index contributed by atoms with van der Waals surface area (Å²) in [7, 11) is 0. The van der Waals surface area contributed by atoms with Gasteiger partial charge in [0.15, 0.2) is 11.0 Å². The van der Waals surface area contributed by atoms with Gasteiger partial charge >= 0.3 is 6.03 Å². The Labute approximate surface area is 185 Å². The molecule has 1 aliphatic carbocycles. The van der Waals surface area contributed by atoms with Crippen molar-refractivity contribution in [2.45, 2.75) is 63.4 Å². The fourth-order valence-electron chi connectivity index (χ4n) is 2.97. The molecule has 2 N–H and O–H groups in total. The third kappa shape index (κ3) is 6.12. The average molecular weight is 452 g/mol. The summed E-state index contributed by atoms with van der Waals surface area (Å²) in [5.41, 5.74) is 0. The van der Waals surface area contributed by atoms with Crippen molar-refractivity contribution in [3.8, 4) is 5.75 Å². The van der Waals surface area contributed by atoms with E-state index in [-0.39, 0.29) is 30.4 Å². The minimum atomic E-state index is -0.446. The number of amides is 3. The minimum Gasteiger partial charge on any atom is -0.484 e. The van der Waals surface area contributed by atoms with Gasteiger partial charge in [0.05, 0.1) is 10.8 Å². The molecule has 10 heteroatoms. The van der Waals surface area contributed by atoms with Crippen LogP contribution in [0.1, 0.15) is 51.4 Å². The lowest BCUT2D eigenvalue weighted by Gasteiger charge is -2.19. The Hall–Kier alpha value is -2.26. The van der Waals surface area contributed by atoms with Crippen LogP contribution in [0.15, 0.2) is 29.4 Å². The van der Waals surface area contributed by atoms with Crippen molar-refractivity contribution in [2.24, 2.45) is 0 Å². The van der Waals surface area contributed by atoms with Gasteiger partial charge in [-0.1, -0.05) is 49.3 Å². The molecule has 1 aromatic carbocycles. The predicted molar refractivity (Wildman–Crippen MR) is 116 cm³/mol. The van der Waals surface area contributed by atoms with Gasteiger partial charge in [0.2, 0.25) is 5.91 Å². The highest BCUT2D eigenvalue weighted by molar-refractivity contribution is 7.99. The Morgan fingerprint density at radius 2 is 2.00 bits per heavy atom. The van der Waals surface area contributed by atoms with E-state index in [1.807, 2.05) is 16.7 Å². The molecule has 3 rings (SSSR count). The number of para-hydroxylation sites is 1. The summed E-state index contributed by atoms with van der Waals surface area (Å²) in [6, 6.07) is 7.18. The smallest absolute Gasteiger partial charge is 0.321 e. The summed E-state index contributed by atoms with van der Waals surface area (Å²) in [5, 5.41) is 14.8. The molecule has 30 heavy (non-hydrogen) atoms. The number of aromatic nitrogens is 3. The highest BCUT2D eigenvalue weighted by Gasteiger charge is 2.24. The van der Waals surface area contributed by atoms with Crippen LogP contribution in [0.4, 0.5) is 4.79 Å². The van der Waals surface area contributed by atoms with E-state index in [1.54, 1.807) is 12.1 Å². The van der Waals surface area contributed by atoms with Crippen molar-refractivity contribution in [3.63, 3.8) is 0 Å². The fraction of sp³-hybridized carbons (Fsp3) is 0.500. The first-order valence-corrected chi connectivity index (χ1v) is 11.4. The fourth-order valence-corrected chi connectivity index (χ4v) is 3.99. The predicted octanol–water partition coefficient (Wildman–Crippen LogP) is 3.95. The molecule has 0 unspecified atom stereocenters. The maximum atomic E-state index is 12.1. The van der Waals surface area contributed by atoms with Crippen molar-refractivity contribution < 1.29 is 14.3 Å². The third-order valence-electron chi connectivity index (χ3n) is 4.73. The van der Waals surface area contributed by atoms with E-state index in [0.717, 1.165) is 25.7 Å². The van der Waals surface area contributed by atoms with Gasteiger partial charge in [-0.15, -0.1) is 10.2 Å². The Bertz CT molecular complexity index is 883. The maximum Gasteiger partial charge on any atom is 0.321 e. The minimum absolute atomic E-state index is 0.0712. The molecular weight excluding hydrogens is 426 g/mol. The lowest BCUT2D eigenvalue weighted by Crippen LogP contribution is -2.41. The monoisotopic (exact) mass is 451 g/mol. The van der Waals surface area contributed by atoms with E-state index in [0.29, 0.717) is 21.8 Å². The zero-order chi connectivity index (χ0) is 21.5. The van der Waals surface area contributed by atoms with Gasteiger partial charge in [-0.25, -0.2) is 4.79 Å². The first kappa shape index (κ1) is 22.4. The van der Waals surface area contributed by atoms with Gasteiger partial charge in [-0.2, -0.15) is 0 Å². The van der Waals surface area contributed by atoms with Gasteiger partial charge in [0, 0.05) is 12.1 Å². The summed E-state index contributed by atoms with van der Waals surface area (Å²) >= 11 is 7.42. The highest BCUT2D eigenvalue weighted by Crippen LogP contribution is 2.28. The largest absolute Gasteiger partial charge is 0.484 e. The van der Waals surface area contributed by atoms with E-state index in [2.05, 4.69) is 34.7 Å². The number of carbonyl (C=O) groups is 2. The standard InChI is InChI=1S/C20H26ClN5O3S/c1-3-14(4-2)26-17(11-29-16-8-6-5-7-15(16)21)24-25-20(26)30-12-18(27)23-19(28)22-13-9-10-13/h5-8,13-14H,3-4,9-12H2,1-2H3,(H2,22,23,27,28). The molecule has 0 atom stereocenters. The molecule has 162 valence electrons. The topological polar surface area (TPSA) is 98.1 Å². The Balaban J connectivity index is 1.65. The van der Waals surface area contributed by atoms with Crippen LogP contribution in [0, 0.1) is 0 Å². The Morgan fingerprint density at radius 3 is 2.67 bits per heavy atom. The number of carbonyl (C=O) groups excluding carboxylic acids is 2. The van der Waals surface area contributed by atoms with Crippen LogP contribution in [0.2, 0.25) is 5.02 Å². The van der Waals surface area contributed by atoms with E-state index in [1.165, 1.54) is 11.8 Å². The number of urea groups is 1. The van der Waals surface area contributed by atoms with E-state index >= 15 is 0 Å². The number of imide groups is 1. The number of halogens is 1. The first-order valence-electron chi connectivity index (χ1n) is 10.1. The lowest BCUT2D eigenvalue weighted by atomic mass is 10.2. The number of hydrogen-bond acceptors (Lipinski definition) is 6. The molecule has 1 heterocycles. The van der Waals surface area contributed by atoms with Crippen molar-refractivity contribution in [2.75, 3.05) is 5.75 Å². The van der Waals surface area contributed by atoms with Crippen LogP contribution in [-0.2, 0) is 11.4 Å². The lowest BCUT2D eigenvalue weighted by molar-refractivity contribution is -0.117. The van der Waals surface area contributed by atoms with Gasteiger partial charge in [-0.3, -0.25) is 10.1 Å². The van der Waals surface area contributed by atoms with Crippen LogP contribution in [0.3, 0.4) is 0 Å². The number of nitrogens with zero attached hydrogens (tertiary/aromatic N) is 3. The highest BCUT2D eigenvalue weighted by atomic mass is 35.5. The van der Waals surface area contributed by atoms with E-state index < -0.39 is 6.03 Å². The van der Waals surface area contributed by atoms with Gasteiger partial charge in [-0.05, 0) is 37.8 Å². The van der Waals surface area contributed by atoms with Crippen molar-refractivity contribution >= 4 is 35.3 Å². The summed E-state index contributed by atoms with van der Waals surface area (Å²) in [6.45, 7) is 4.40. The van der Waals surface area contributed by atoms with Crippen LogP contribution in [0.5, 0.6) is 5.75 Å². The van der Waals surface area contributed by atoms with Crippen LogP contribution in [0.25, 0.3) is 0 Å². The second-order valence-corrected chi connectivity index (χ2v) is 8.39. The zero-order valence-electron chi connectivity index (χ0n) is 17.1. The molecule has 3 amide bonds. The molecule has 0 bridgehead atoms. The number of ether oxygens (including phenoxy) is 1. The number of nitrogens with one attached hydrogen (secondary N) is 2. The Kier molecular flexibility index (Phi) is 7.98. The molecule has 1 fully saturated rings. The van der Waals surface area contributed by atoms with Gasteiger partial charge < -0.3 is 14.6 Å². The third-order valence-corrected chi connectivity index (χ3v) is 5.99. The van der Waals surface area contributed by atoms with Crippen LogP contribution in [-0.4, -0.2) is 38.5 Å². The maximum absolute atomic E-state index is 12.1. The molecule has 1 aromatic heterocycles. The molecule has 1 saturated carbocycles. The normalized spacial score (nSPS) is 13.3. The second-order valence-electron chi connectivity index (χ2n) is 7.04. The number of thioether (sulfide) groups is 1. The van der Waals surface area contributed by atoms with Crippen LogP contribution < -0.4 is 15.4 Å². The molecule has 2 aromatic rings. The summed E-state index contributed by atoms with van der Waals surface area (Å²) in [4.78, 5) is 23.8. The molecule has 0 radical (unpaired) electrons. The van der Waals surface area contributed by atoms with Crippen molar-refractivity contribution in [1.82, 2.24) is 25.4 Å². The zero-order valence-corrected chi connectivity index (χ0v) is 18.6. The van der Waals surface area contributed by atoms with E-state index in [4.69, 9.17) is 16.3 Å². The number of hydrogen-bond donors (Lipinski definition) is 2. The Morgan fingerprint density at radius 1 is 1.27 bits per heavy atom. The van der Waals surface area contributed by atoms with E-state index in [9.17, 15) is 9.59 Å². The molecule has 8 nitrogen and oxygen atoms in total. The van der Waals surface area contributed by atoms with Crippen molar-refractivity contribution in [3.05, 3.63) is 35.1 Å². The average Bonchev–Trinajstić information content (AvgIpc) is 3.45. The number of benzene rings is 1. The van der Waals surface area contributed by atoms with Gasteiger partial charge in [0.25, 0.3) is 0 Å². The molecular formula is C20H26ClN5O3S. The summed E-state index contributed by atoms with van der Waals surface area (Å²) in [5.74, 6) is 0.944. The molecule has 0 spiro atoms. The summed E-state index contributed by atoms with van der Waals surface area (Å²) in [6.07, 6.45) is 3.70. The van der Waals surface area contributed by atoms with Gasteiger partial charge in [0.1, 0.15) is 12.4 Å². The van der Waals surface area contributed by atoms with Crippen molar-refractivity contribution in [1.29, 1.82) is 0 Å². The summed E-state index contributed by atoms with van der Waals surface area (Å²) < 4.78 is 7.85. The number of rotatable bonds is 10. The van der Waals surface area contributed by atoms with Crippen LogP contribution >= 0.6 is 23.4 Å². The second kappa shape index (κ2) is 10.7.